The van der Waals surface area contributed by atoms with E-state index in [9.17, 15) is 0 Å². The van der Waals surface area contributed by atoms with Crippen LogP contribution < -0.4 is 0 Å². The van der Waals surface area contributed by atoms with Crippen LogP contribution in [-0.2, 0) is 0 Å². The number of hydrogen-bond donors (Lipinski definition) is 0. The summed E-state index contributed by atoms with van der Waals surface area (Å²) in [6.07, 6.45) is 34.6. The molecule has 0 rings (SSSR count). The zero-order valence-electron chi connectivity index (χ0n) is 22.9. The maximum Gasteiger partial charge on any atom is -0.00187 e. The van der Waals surface area contributed by atoms with Gasteiger partial charge in [0.15, 0.2) is 0 Å². The molecular weight excluding hydrogens is 393 g/mol. The lowest BCUT2D eigenvalue weighted by Gasteiger charge is -2.22. The first kappa shape index (κ1) is 34.1. The predicted octanol–water partition coefficient (Wildman–Crippen LogP) is 10.9. The highest BCUT2D eigenvalue weighted by Gasteiger charge is 2.05. The van der Waals surface area contributed by atoms with E-state index in [1.54, 1.807) is 0 Å². The third-order valence-corrected chi connectivity index (χ3v) is 6.98. The molecular formula is C30H64FN. The lowest BCUT2D eigenvalue weighted by atomic mass is 10.1. The largest absolute Gasteiger partial charge is 0.303 e. The topological polar surface area (TPSA) is 3.24 Å². The fourth-order valence-corrected chi connectivity index (χ4v) is 4.74. The van der Waals surface area contributed by atoms with Crippen molar-refractivity contribution in [3.05, 3.63) is 0 Å². The molecule has 0 atom stereocenters. The monoisotopic (exact) mass is 458 g/mol. The fraction of sp³-hybridized carbons (Fsp3) is 1.00. The van der Waals surface area contributed by atoms with Crippen molar-refractivity contribution >= 4 is 0 Å². The van der Waals surface area contributed by atoms with Gasteiger partial charge in [-0.25, -0.2) is 0 Å². The smallest absolute Gasteiger partial charge is 0.00187 e. The number of unbranched alkanes of at least 4 members (excludes halogenated alkanes) is 21. The van der Waals surface area contributed by atoms with Gasteiger partial charge in [-0.15, -0.1) is 0 Å². The minimum absolute atomic E-state index is 0. The van der Waals surface area contributed by atoms with E-state index in [0.717, 1.165) is 0 Å². The van der Waals surface area contributed by atoms with Crippen molar-refractivity contribution in [1.82, 2.24) is 4.90 Å². The van der Waals surface area contributed by atoms with Gasteiger partial charge in [0, 0.05) is 0 Å². The van der Waals surface area contributed by atoms with Crippen LogP contribution in [0.15, 0.2) is 0 Å². The van der Waals surface area contributed by atoms with Crippen molar-refractivity contribution in [2.45, 2.75) is 175 Å². The Bertz CT molecular complexity index is 260. The molecule has 0 fully saturated rings. The van der Waals surface area contributed by atoms with Crippen LogP contribution in [0.1, 0.15) is 175 Å². The molecule has 0 aromatic carbocycles. The van der Waals surface area contributed by atoms with E-state index in [-0.39, 0.29) is 4.70 Å². The van der Waals surface area contributed by atoms with Gasteiger partial charge in [0.1, 0.15) is 0 Å². The number of rotatable bonds is 27. The lowest BCUT2D eigenvalue weighted by molar-refractivity contribution is 0.254. The summed E-state index contributed by atoms with van der Waals surface area (Å²) >= 11 is 0. The van der Waals surface area contributed by atoms with Crippen molar-refractivity contribution in [1.29, 1.82) is 0 Å². The minimum atomic E-state index is 0. The van der Waals surface area contributed by atoms with E-state index in [1.165, 1.54) is 174 Å². The molecule has 0 aliphatic heterocycles. The molecule has 0 aromatic heterocycles. The summed E-state index contributed by atoms with van der Waals surface area (Å²) in [5, 5.41) is 0. The van der Waals surface area contributed by atoms with Crippen LogP contribution in [0.25, 0.3) is 0 Å². The average Bonchev–Trinajstić information content (AvgIpc) is 2.78. The molecule has 32 heavy (non-hydrogen) atoms. The average molecular weight is 458 g/mol. The molecule has 0 heterocycles. The molecule has 0 aromatic rings. The minimum Gasteiger partial charge on any atom is -0.303 e. The molecule has 1 nitrogen and oxygen atoms in total. The third-order valence-electron chi connectivity index (χ3n) is 6.98. The first-order valence-electron chi connectivity index (χ1n) is 15.1. The molecule has 0 aliphatic carbocycles. The van der Waals surface area contributed by atoms with Crippen molar-refractivity contribution in [2.24, 2.45) is 0 Å². The van der Waals surface area contributed by atoms with E-state index in [1.807, 2.05) is 0 Å². The molecule has 0 radical (unpaired) electrons. The molecule has 0 saturated carbocycles. The van der Waals surface area contributed by atoms with E-state index in [2.05, 4.69) is 25.7 Å². The summed E-state index contributed by atoms with van der Waals surface area (Å²) < 4.78 is 0. The summed E-state index contributed by atoms with van der Waals surface area (Å²) in [6, 6.07) is 0. The molecule has 0 N–H and O–H groups in total. The van der Waals surface area contributed by atoms with Gasteiger partial charge in [-0.3, -0.25) is 4.70 Å². The Hall–Kier alpha value is -0.110. The van der Waals surface area contributed by atoms with Crippen LogP contribution in [0.2, 0.25) is 0 Å². The Labute approximate surface area is 204 Å². The third kappa shape index (κ3) is 27.9. The van der Waals surface area contributed by atoms with Crippen LogP contribution in [0.4, 0.5) is 4.70 Å². The normalized spacial score (nSPS) is 11.2. The van der Waals surface area contributed by atoms with E-state index < -0.39 is 0 Å². The summed E-state index contributed by atoms with van der Waals surface area (Å²) in [5.41, 5.74) is 0. The van der Waals surface area contributed by atoms with Gasteiger partial charge in [0.25, 0.3) is 0 Å². The molecule has 0 unspecified atom stereocenters. The second-order valence-electron chi connectivity index (χ2n) is 10.3. The zero-order valence-corrected chi connectivity index (χ0v) is 22.9. The van der Waals surface area contributed by atoms with Crippen molar-refractivity contribution in [2.75, 3.05) is 19.6 Å². The Kier molecular flexibility index (Phi) is 32.9. The SMILES string of the molecule is CCCCCCCCCCN(CCCCCCCCCC)CCCCCCCCCC.F. The molecule has 0 bridgehead atoms. The Morgan fingerprint density at radius 2 is 0.469 bits per heavy atom. The molecule has 2 heteroatoms. The summed E-state index contributed by atoms with van der Waals surface area (Å²) in [4.78, 5) is 2.82. The summed E-state index contributed by atoms with van der Waals surface area (Å²) in [6.45, 7) is 11.0. The molecule has 0 saturated heterocycles. The lowest BCUT2D eigenvalue weighted by Crippen LogP contribution is -2.27. The first-order chi connectivity index (χ1) is 15.3. The van der Waals surface area contributed by atoms with Crippen molar-refractivity contribution in [3.8, 4) is 0 Å². The highest BCUT2D eigenvalue weighted by molar-refractivity contribution is 4.60. The quantitative estimate of drug-likeness (QED) is 0.111. The van der Waals surface area contributed by atoms with Crippen molar-refractivity contribution < 1.29 is 4.70 Å². The van der Waals surface area contributed by atoms with E-state index >= 15 is 0 Å². The Balaban J connectivity index is 0. The van der Waals surface area contributed by atoms with Gasteiger partial charge < -0.3 is 4.90 Å². The number of nitrogens with zero attached hydrogens (tertiary/aromatic N) is 1. The number of hydrogen-bond acceptors (Lipinski definition) is 1. The predicted molar refractivity (Wildman–Crippen MR) is 147 cm³/mol. The highest BCUT2D eigenvalue weighted by Crippen LogP contribution is 2.13. The number of halogens is 1. The second-order valence-corrected chi connectivity index (χ2v) is 10.3. The van der Waals surface area contributed by atoms with Crippen molar-refractivity contribution in [3.63, 3.8) is 0 Å². The van der Waals surface area contributed by atoms with Gasteiger partial charge >= 0.3 is 0 Å². The first-order valence-corrected chi connectivity index (χ1v) is 15.1. The van der Waals surface area contributed by atoms with Crippen LogP contribution in [0.5, 0.6) is 0 Å². The summed E-state index contributed by atoms with van der Waals surface area (Å²) in [7, 11) is 0. The molecule has 0 spiro atoms. The van der Waals surface area contributed by atoms with Crippen LogP contribution in [-0.4, -0.2) is 24.5 Å². The van der Waals surface area contributed by atoms with Gasteiger partial charge in [0.2, 0.25) is 0 Å². The molecule has 196 valence electrons. The van der Waals surface area contributed by atoms with Gasteiger partial charge in [-0.2, -0.15) is 0 Å². The van der Waals surface area contributed by atoms with E-state index in [4.69, 9.17) is 0 Å². The highest BCUT2D eigenvalue weighted by atomic mass is 19.0. The molecule has 0 amide bonds. The van der Waals surface area contributed by atoms with Crippen LogP contribution in [0, 0.1) is 0 Å². The maximum atomic E-state index is 2.82. The van der Waals surface area contributed by atoms with Crippen LogP contribution >= 0.6 is 0 Å². The Morgan fingerprint density at radius 3 is 0.688 bits per heavy atom. The zero-order chi connectivity index (χ0) is 22.7. The molecule has 0 aliphatic rings. The standard InChI is InChI=1S/C30H63N.FH/c1-4-7-10-13-16-19-22-25-28-31(29-26-23-20-17-14-11-8-5-2)30-27-24-21-18-15-12-9-6-3;/h4-30H2,1-3H3;1H. The van der Waals surface area contributed by atoms with E-state index in [0.29, 0.717) is 0 Å². The second kappa shape index (κ2) is 30.9. The van der Waals surface area contributed by atoms with Gasteiger partial charge in [-0.1, -0.05) is 156 Å². The summed E-state index contributed by atoms with van der Waals surface area (Å²) in [5.74, 6) is 0. The van der Waals surface area contributed by atoms with Gasteiger partial charge in [-0.05, 0) is 38.9 Å². The maximum absolute atomic E-state index is 2.82. The fourth-order valence-electron chi connectivity index (χ4n) is 4.74. The van der Waals surface area contributed by atoms with Gasteiger partial charge in [0.05, 0.1) is 0 Å². The van der Waals surface area contributed by atoms with Crippen LogP contribution in [0.3, 0.4) is 0 Å². The Morgan fingerprint density at radius 1 is 0.281 bits per heavy atom.